The van der Waals surface area contributed by atoms with Crippen molar-refractivity contribution in [3.05, 3.63) is 89.8 Å². The lowest BCUT2D eigenvalue weighted by atomic mass is 9.68. The average molecular weight is 352 g/mol. The zero-order valence-electron chi connectivity index (χ0n) is 15.1. The SMILES string of the molecule is CC1(c2c[nH]c3ccccc23)CC(c2c[nH]c3ccccc23)=CC=C1C=O. The second-order valence-electron chi connectivity index (χ2n) is 7.44. The molecule has 0 bridgehead atoms. The second-order valence-corrected chi connectivity index (χ2v) is 7.44. The van der Waals surface area contributed by atoms with Crippen molar-refractivity contribution in [1.29, 1.82) is 0 Å². The number of hydrogen-bond donors (Lipinski definition) is 2. The molecule has 0 saturated heterocycles. The van der Waals surface area contributed by atoms with Gasteiger partial charge in [0.25, 0.3) is 0 Å². The fourth-order valence-corrected chi connectivity index (χ4v) is 4.39. The Kier molecular flexibility index (Phi) is 3.44. The fraction of sp³-hybridized carbons (Fsp3) is 0.125. The van der Waals surface area contributed by atoms with Gasteiger partial charge in [0.05, 0.1) is 0 Å². The van der Waals surface area contributed by atoms with Gasteiger partial charge in [-0.05, 0) is 29.7 Å². The fourth-order valence-electron chi connectivity index (χ4n) is 4.39. The van der Waals surface area contributed by atoms with Crippen LogP contribution in [-0.4, -0.2) is 16.3 Å². The summed E-state index contributed by atoms with van der Waals surface area (Å²) < 4.78 is 0. The summed E-state index contributed by atoms with van der Waals surface area (Å²) in [5.41, 5.74) is 6.29. The molecular weight excluding hydrogens is 332 g/mol. The number of rotatable bonds is 3. The summed E-state index contributed by atoms with van der Waals surface area (Å²) in [5.74, 6) is 0. The normalized spacial score (nSPS) is 19.9. The molecule has 0 radical (unpaired) electrons. The van der Waals surface area contributed by atoms with E-state index in [1.54, 1.807) is 0 Å². The Morgan fingerprint density at radius 2 is 1.56 bits per heavy atom. The number of carbonyl (C=O) groups excluding carboxylic acids is 1. The average Bonchev–Trinajstić information content (AvgIpc) is 3.32. The molecule has 2 aromatic carbocycles. The number of nitrogens with one attached hydrogen (secondary N) is 2. The summed E-state index contributed by atoms with van der Waals surface area (Å²) in [4.78, 5) is 18.6. The highest BCUT2D eigenvalue weighted by molar-refractivity contribution is 5.96. The highest BCUT2D eigenvalue weighted by Crippen LogP contribution is 2.46. The number of para-hydroxylation sites is 2. The van der Waals surface area contributed by atoms with Gasteiger partial charge in [-0.1, -0.05) is 55.5 Å². The lowest BCUT2D eigenvalue weighted by molar-refractivity contribution is -0.105. The molecule has 0 saturated carbocycles. The number of fused-ring (bicyclic) bond motifs is 2. The van der Waals surface area contributed by atoms with E-state index in [-0.39, 0.29) is 5.41 Å². The molecule has 0 amide bonds. The molecule has 1 unspecified atom stereocenters. The van der Waals surface area contributed by atoms with Crippen LogP contribution in [0.3, 0.4) is 0 Å². The van der Waals surface area contributed by atoms with Gasteiger partial charge in [-0.3, -0.25) is 4.79 Å². The number of benzene rings is 2. The zero-order chi connectivity index (χ0) is 18.4. The second kappa shape index (κ2) is 5.85. The molecule has 2 aromatic heterocycles. The summed E-state index contributed by atoms with van der Waals surface area (Å²) >= 11 is 0. The smallest absolute Gasteiger partial charge is 0.146 e. The van der Waals surface area contributed by atoms with Crippen molar-refractivity contribution in [3.8, 4) is 0 Å². The molecule has 4 aromatic rings. The third-order valence-electron chi connectivity index (χ3n) is 5.89. The molecule has 3 heteroatoms. The van der Waals surface area contributed by atoms with Crippen LogP contribution in [0.15, 0.2) is 78.6 Å². The number of hydrogen-bond acceptors (Lipinski definition) is 1. The summed E-state index contributed by atoms with van der Waals surface area (Å²) in [6.45, 7) is 2.17. The highest BCUT2D eigenvalue weighted by Gasteiger charge is 2.36. The van der Waals surface area contributed by atoms with Gasteiger partial charge in [-0.15, -0.1) is 0 Å². The summed E-state index contributed by atoms with van der Waals surface area (Å²) in [6.07, 6.45) is 9.99. The van der Waals surface area contributed by atoms with Gasteiger partial charge in [-0.25, -0.2) is 0 Å². The zero-order valence-corrected chi connectivity index (χ0v) is 15.1. The van der Waals surface area contributed by atoms with Gasteiger partial charge in [-0.2, -0.15) is 0 Å². The van der Waals surface area contributed by atoms with Crippen molar-refractivity contribution >= 4 is 33.7 Å². The van der Waals surface area contributed by atoms with Gasteiger partial charge >= 0.3 is 0 Å². The Balaban J connectivity index is 1.67. The van der Waals surface area contributed by atoms with Crippen LogP contribution >= 0.6 is 0 Å². The largest absolute Gasteiger partial charge is 0.361 e. The molecular formula is C24H20N2O. The van der Waals surface area contributed by atoms with Crippen molar-refractivity contribution in [2.24, 2.45) is 0 Å². The van der Waals surface area contributed by atoms with Crippen LogP contribution in [-0.2, 0) is 10.2 Å². The Hall–Kier alpha value is -3.33. The number of aromatic nitrogens is 2. The number of aromatic amines is 2. The molecule has 1 atom stereocenters. The predicted octanol–water partition coefficient (Wildman–Crippen LogP) is 5.52. The first kappa shape index (κ1) is 15.9. The van der Waals surface area contributed by atoms with Gasteiger partial charge in [0.2, 0.25) is 0 Å². The van der Waals surface area contributed by atoms with Crippen LogP contribution in [0.2, 0.25) is 0 Å². The Morgan fingerprint density at radius 3 is 2.33 bits per heavy atom. The lowest BCUT2D eigenvalue weighted by Crippen LogP contribution is -2.27. The molecule has 2 heterocycles. The molecule has 1 aliphatic rings. The Bertz CT molecular complexity index is 1240. The molecule has 27 heavy (non-hydrogen) atoms. The minimum absolute atomic E-state index is 0.371. The van der Waals surface area contributed by atoms with E-state index in [4.69, 9.17) is 0 Å². The quantitative estimate of drug-likeness (QED) is 0.469. The van der Waals surface area contributed by atoms with E-state index in [1.165, 1.54) is 27.5 Å². The first-order chi connectivity index (χ1) is 13.2. The van der Waals surface area contributed by atoms with E-state index in [0.29, 0.717) is 0 Å². The van der Waals surface area contributed by atoms with Gasteiger partial charge in [0.1, 0.15) is 6.29 Å². The maximum absolute atomic E-state index is 11.9. The first-order valence-electron chi connectivity index (χ1n) is 9.20. The minimum atomic E-state index is -0.371. The van der Waals surface area contributed by atoms with Crippen LogP contribution in [0, 0.1) is 0 Å². The lowest BCUT2D eigenvalue weighted by Gasteiger charge is -2.33. The molecule has 3 nitrogen and oxygen atoms in total. The van der Waals surface area contributed by atoms with E-state index in [2.05, 4.69) is 65.7 Å². The summed E-state index contributed by atoms with van der Waals surface area (Å²) in [7, 11) is 0. The van der Waals surface area contributed by atoms with Gasteiger partial charge < -0.3 is 9.97 Å². The Morgan fingerprint density at radius 1 is 0.889 bits per heavy atom. The van der Waals surface area contributed by atoms with E-state index < -0.39 is 0 Å². The highest BCUT2D eigenvalue weighted by atomic mass is 16.1. The number of carbonyl (C=O) groups is 1. The topological polar surface area (TPSA) is 48.6 Å². The van der Waals surface area contributed by atoms with Crippen LogP contribution in [0.25, 0.3) is 27.4 Å². The van der Waals surface area contributed by atoms with Crippen LogP contribution in [0.4, 0.5) is 0 Å². The minimum Gasteiger partial charge on any atom is -0.361 e. The van der Waals surface area contributed by atoms with Crippen LogP contribution in [0.1, 0.15) is 24.5 Å². The van der Waals surface area contributed by atoms with Crippen molar-refractivity contribution in [1.82, 2.24) is 9.97 Å². The van der Waals surface area contributed by atoms with Crippen molar-refractivity contribution < 1.29 is 4.79 Å². The van der Waals surface area contributed by atoms with E-state index >= 15 is 0 Å². The number of H-pyrrole nitrogens is 2. The molecule has 5 rings (SSSR count). The van der Waals surface area contributed by atoms with E-state index in [1.807, 2.05) is 24.3 Å². The molecule has 0 spiro atoms. The maximum Gasteiger partial charge on any atom is 0.146 e. The molecule has 132 valence electrons. The number of aldehydes is 1. The standard InChI is InChI=1S/C24H20N2O/c1-24(21-14-26-23-9-5-3-7-19(21)23)12-16(10-11-17(24)15-27)20-13-25-22-8-4-2-6-18(20)22/h2-11,13-15,25-26H,12H2,1H3. The number of allylic oxidation sites excluding steroid dienone is 4. The molecule has 0 fully saturated rings. The third kappa shape index (κ3) is 2.32. The van der Waals surface area contributed by atoms with Gasteiger partial charge in [0, 0.05) is 50.8 Å². The summed E-state index contributed by atoms with van der Waals surface area (Å²) in [6, 6.07) is 16.6. The Labute approximate surface area is 157 Å². The van der Waals surface area contributed by atoms with Crippen molar-refractivity contribution in [2.45, 2.75) is 18.8 Å². The van der Waals surface area contributed by atoms with Crippen molar-refractivity contribution in [2.75, 3.05) is 0 Å². The monoisotopic (exact) mass is 352 g/mol. The van der Waals surface area contributed by atoms with Gasteiger partial charge in [0.15, 0.2) is 0 Å². The molecule has 1 aliphatic carbocycles. The molecule has 2 N–H and O–H groups in total. The van der Waals surface area contributed by atoms with E-state index in [0.717, 1.165) is 29.3 Å². The van der Waals surface area contributed by atoms with Crippen molar-refractivity contribution in [3.63, 3.8) is 0 Å². The summed E-state index contributed by atoms with van der Waals surface area (Å²) in [5, 5.41) is 2.39. The van der Waals surface area contributed by atoms with Crippen LogP contribution < -0.4 is 0 Å². The third-order valence-corrected chi connectivity index (χ3v) is 5.89. The predicted molar refractivity (Wildman–Crippen MR) is 111 cm³/mol. The first-order valence-corrected chi connectivity index (χ1v) is 9.20. The van der Waals surface area contributed by atoms with E-state index in [9.17, 15) is 4.79 Å². The maximum atomic E-state index is 11.9. The molecule has 0 aliphatic heterocycles. The van der Waals surface area contributed by atoms with Crippen LogP contribution in [0.5, 0.6) is 0 Å².